The summed E-state index contributed by atoms with van der Waals surface area (Å²) in [6, 6.07) is 3.34. The molecular formula is C21H23F3N8. The lowest BCUT2D eigenvalue weighted by Gasteiger charge is -2.32. The van der Waals surface area contributed by atoms with Gasteiger partial charge < -0.3 is 14.8 Å². The van der Waals surface area contributed by atoms with E-state index in [1.54, 1.807) is 36.1 Å². The second-order valence-corrected chi connectivity index (χ2v) is 8.19. The molecule has 2 atom stereocenters. The Balaban J connectivity index is 1.45. The van der Waals surface area contributed by atoms with E-state index in [1.165, 1.54) is 4.57 Å². The number of imidazole rings is 1. The predicted molar refractivity (Wildman–Crippen MR) is 115 cm³/mol. The van der Waals surface area contributed by atoms with Gasteiger partial charge in [-0.05, 0) is 32.5 Å². The molecule has 0 aliphatic carbocycles. The number of rotatable bonds is 5. The monoisotopic (exact) mass is 444 g/mol. The van der Waals surface area contributed by atoms with Gasteiger partial charge in [-0.25, -0.2) is 32.6 Å². The van der Waals surface area contributed by atoms with E-state index in [4.69, 9.17) is 0 Å². The van der Waals surface area contributed by atoms with Crippen LogP contribution in [0.3, 0.4) is 0 Å². The minimum absolute atomic E-state index is 0.330. The SMILES string of the molecule is Cc1nc2ncc(-c3ccn4nc(N[C@H]5CCN(C)C[C@H]5F)ncc34)cc2n1CC(F)F. The highest BCUT2D eigenvalue weighted by atomic mass is 19.3. The maximum atomic E-state index is 14.3. The molecule has 32 heavy (non-hydrogen) atoms. The molecule has 8 nitrogen and oxygen atoms in total. The van der Waals surface area contributed by atoms with Gasteiger partial charge in [0.2, 0.25) is 5.95 Å². The molecule has 0 saturated carbocycles. The zero-order valence-electron chi connectivity index (χ0n) is 17.7. The highest BCUT2D eigenvalue weighted by molar-refractivity contribution is 5.85. The number of nitrogens with one attached hydrogen (secondary N) is 1. The summed E-state index contributed by atoms with van der Waals surface area (Å²) in [7, 11) is 1.90. The molecule has 11 heteroatoms. The number of fused-ring (bicyclic) bond motifs is 2. The number of pyridine rings is 1. The lowest BCUT2D eigenvalue weighted by Crippen LogP contribution is -2.46. The fourth-order valence-corrected chi connectivity index (χ4v) is 4.23. The number of aromatic nitrogens is 6. The van der Waals surface area contributed by atoms with Crippen LogP contribution in [0.4, 0.5) is 19.1 Å². The Bertz CT molecular complexity index is 1270. The number of aryl methyl sites for hydroxylation is 1. The van der Waals surface area contributed by atoms with E-state index in [0.29, 0.717) is 35.9 Å². The number of hydrogen-bond acceptors (Lipinski definition) is 6. The average Bonchev–Trinajstić information content (AvgIpc) is 3.30. The molecule has 1 aliphatic rings. The van der Waals surface area contributed by atoms with E-state index in [-0.39, 0.29) is 6.04 Å². The van der Waals surface area contributed by atoms with Crippen LogP contribution in [0.15, 0.2) is 30.7 Å². The van der Waals surface area contributed by atoms with Crippen molar-refractivity contribution in [2.24, 2.45) is 0 Å². The first kappa shape index (κ1) is 20.7. The molecule has 0 spiro atoms. The Morgan fingerprint density at radius 2 is 2.06 bits per heavy atom. The Hall–Kier alpha value is -3.21. The van der Waals surface area contributed by atoms with E-state index in [9.17, 15) is 13.2 Å². The molecule has 1 N–H and O–H groups in total. The lowest BCUT2D eigenvalue weighted by atomic mass is 10.0. The van der Waals surface area contributed by atoms with Gasteiger partial charge in [0.1, 0.15) is 12.0 Å². The van der Waals surface area contributed by atoms with E-state index in [1.807, 2.05) is 18.0 Å². The molecule has 5 rings (SSSR count). The van der Waals surface area contributed by atoms with Crippen LogP contribution in [0.2, 0.25) is 0 Å². The summed E-state index contributed by atoms with van der Waals surface area (Å²) in [5, 5.41) is 7.57. The van der Waals surface area contributed by atoms with Crippen molar-refractivity contribution in [2.75, 3.05) is 25.5 Å². The van der Waals surface area contributed by atoms with Gasteiger partial charge >= 0.3 is 0 Å². The van der Waals surface area contributed by atoms with Crippen LogP contribution in [0.5, 0.6) is 0 Å². The third-order valence-electron chi connectivity index (χ3n) is 5.90. The molecule has 0 amide bonds. The van der Waals surface area contributed by atoms with Crippen molar-refractivity contribution in [3.05, 3.63) is 36.5 Å². The summed E-state index contributed by atoms with van der Waals surface area (Å²) < 4.78 is 43.5. The van der Waals surface area contributed by atoms with Crippen molar-refractivity contribution < 1.29 is 13.2 Å². The number of likely N-dealkylation sites (tertiary alicyclic amines) is 1. The maximum Gasteiger partial charge on any atom is 0.256 e. The van der Waals surface area contributed by atoms with Gasteiger partial charge in [0, 0.05) is 36.6 Å². The summed E-state index contributed by atoms with van der Waals surface area (Å²) in [5.41, 5.74) is 3.27. The first-order chi connectivity index (χ1) is 15.4. The second-order valence-electron chi connectivity index (χ2n) is 8.19. The van der Waals surface area contributed by atoms with E-state index < -0.39 is 19.1 Å². The molecule has 4 aromatic rings. The third-order valence-corrected chi connectivity index (χ3v) is 5.90. The second kappa shape index (κ2) is 8.05. The summed E-state index contributed by atoms with van der Waals surface area (Å²) in [6.45, 7) is 2.44. The van der Waals surface area contributed by atoms with Crippen molar-refractivity contribution in [2.45, 2.75) is 38.5 Å². The summed E-state index contributed by atoms with van der Waals surface area (Å²) >= 11 is 0. The van der Waals surface area contributed by atoms with Gasteiger partial charge in [-0.15, -0.1) is 5.10 Å². The number of anilines is 1. The number of hydrogen-bond donors (Lipinski definition) is 1. The molecule has 5 heterocycles. The zero-order chi connectivity index (χ0) is 22.4. The van der Waals surface area contributed by atoms with Crippen molar-refractivity contribution in [3.8, 4) is 11.1 Å². The highest BCUT2D eigenvalue weighted by Crippen LogP contribution is 2.28. The summed E-state index contributed by atoms with van der Waals surface area (Å²) in [5.74, 6) is 0.849. The van der Waals surface area contributed by atoms with Gasteiger partial charge in [-0.1, -0.05) is 0 Å². The Morgan fingerprint density at radius 1 is 1.22 bits per heavy atom. The first-order valence-electron chi connectivity index (χ1n) is 10.4. The normalized spacial score (nSPS) is 19.9. The number of piperidine rings is 1. The van der Waals surface area contributed by atoms with Gasteiger partial charge in [0.05, 0.1) is 29.8 Å². The van der Waals surface area contributed by atoms with Crippen molar-refractivity contribution in [1.82, 2.24) is 34.0 Å². The van der Waals surface area contributed by atoms with Crippen LogP contribution in [0.25, 0.3) is 27.8 Å². The van der Waals surface area contributed by atoms with Crippen LogP contribution < -0.4 is 5.32 Å². The van der Waals surface area contributed by atoms with Crippen LogP contribution in [-0.2, 0) is 6.54 Å². The highest BCUT2D eigenvalue weighted by Gasteiger charge is 2.28. The van der Waals surface area contributed by atoms with Gasteiger partial charge in [0.25, 0.3) is 6.43 Å². The average molecular weight is 444 g/mol. The van der Waals surface area contributed by atoms with Gasteiger partial charge in [-0.2, -0.15) is 0 Å². The fourth-order valence-electron chi connectivity index (χ4n) is 4.23. The molecule has 0 unspecified atom stereocenters. The number of alkyl halides is 3. The van der Waals surface area contributed by atoms with Crippen LogP contribution in [0, 0.1) is 6.92 Å². The third kappa shape index (κ3) is 3.77. The largest absolute Gasteiger partial charge is 0.347 e. The number of nitrogens with zero attached hydrogens (tertiary/aromatic N) is 7. The van der Waals surface area contributed by atoms with Crippen LogP contribution in [-0.4, -0.2) is 72.8 Å². The van der Waals surface area contributed by atoms with Crippen molar-refractivity contribution in [3.63, 3.8) is 0 Å². The maximum absolute atomic E-state index is 14.3. The Labute approximate surface area is 182 Å². The summed E-state index contributed by atoms with van der Waals surface area (Å²) in [6.07, 6.45) is 2.30. The molecule has 0 bridgehead atoms. The Morgan fingerprint density at radius 3 is 2.84 bits per heavy atom. The molecule has 1 saturated heterocycles. The topological polar surface area (TPSA) is 76.2 Å². The molecular weight excluding hydrogens is 421 g/mol. The van der Waals surface area contributed by atoms with Crippen LogP contribution in [0.1, 0.15) is 12.2 Å². The predicted octanol–water partition coefficient (Wildman–Crippen LogP) is 3.17. The minimum Gasteiger partial charge on any atom is -0.347 e. The minimum atomic E-state index is -2.49. The number of halogens is 3. The molecule has 0 radical (unpaired) electrons. The van der Waals surface area contributed by atoms with E-state index >= 15 is 0 Å². The lowest BCUT2D eigenvalue weighted by molar-refractivity contribution is 0.127. The van der Waals surface area contributed by atoms with Gasteiger partial charge in [0.15, 0.2) is 5.65 Å². The Kier molecular flexibility index (Phi) is 5.20. The van der Waals surface area contributed by atoms with Crippen molar-refractivity contribution in [1.29, 1.82) is 0 Å². The van der Waals surface area contributed by atoms with Crippen LogP contribution >= 0.6 is 0 Å². The first-order valence-corrected chi connectivity index (χ1v) is 10.4. The molecule has 168 valence electrons. The smallest absolute Gasteiger partial charge is 0.256 e. The van der Waals surface area contributed by atoms with E-state index in [2.05, 4.69) is 25.4 Å². The zero-order valence-corrected chi connectivity index (χ0v) is 17.7. The molecule has 1 fully saturated rings. The molecule has 0 aromatic carbocycles. The summed E-state index contributed by atoms with van der Waals surface area (Å²) in [4.78, 5) is 15.0. The fraction of sp³-hybridized carbons (Fsp3) is 0.429. The van der Waals surface area contributed by atoms with Crippen molar-refractivity contribution >= 4 is 22.6 Å². The standard InChI is InChI=1S/C21H23F3N8/c1-12-27-20-17(31(12)11-19(23)24)7-13(8-25-20)14-3-6-32-18(14)9-26-21(29-32)28-16-4-5-30(2)10-15(16)22/h3,6-9,15-16,19H,4-5,10-11H2,1-2H3,(H,28,29)/t15-,16+/m1/s1. The quantitative estimate of drug-likeness (QED) is 0.510. The molecule has 4 aromatic heterocycles. The van der Waals surface area contributed by atoms with Gasteiger partial charge in [-0.3, -0.25) is 0 Å². The molecule has 1 aliphatic heterocycles. The van der Waals surface area contributed by atoms with E-state index in [0.717, 1.165) is 23.2 Å².